The van der Waals surface area contributed by atoms with E-state index in [9.17, 15) is 9.90 Å². The van der Waals surface area contributed by atoms with Crippen molar-refractivity contribution in [2.24, 2.45) is 0 Å². The molecule has 0 unspecified atom stereocenters. The average Bonchev–Trinajstić information content (AvgIpc) is 3.23. The number of hydrogen-bond acceptors (Lipinski definition) is 6. The van der Waals surface area contributed by atoms with Crippen LogP contribution in [0.1, 0.15) is 24.0 Å². The molecule has 1 aromatic heterocycles. The van der Waals surface area contributed by atoms with Crippen molar-refractivity contribution in [3.63, 3.8) is 0 Å². The molecule has 0 radical (unpaired) electrons. The second kappa shape index (κ2) is 7.79. The third-order valence-electron chi connectivity index (χ3n) is 5.67. The Balaban J connectivity index is 1.93. The summed E-state index contributed by atoms with van der Waals surface area (Å²) < 4.78 is 16.6. The molecular formula is C23H25NO5. The highest BCUT2D eigenvalue weighted by Gasteiger charge is 2.22. The van der Waals surface area contributed by atoms with Gasteiger partial charge in [0.1, 0.15) is 22.8 Å². The van der Waals surface area contributed by atoms with E-state index in [-0.39, 0.29) is 5.75 Å². The molecule has 2 aromatic carbocycles. The van der Waals surface area contributed by atoms with Crippen LogP contribution in [0.5, 0.6) is 17.2 Å². The van der Waals surface area contributed by atoms with Gasteiger partial charge in [-0.3, -0.25) is 4.90 Å². The Morgan fingerprint density at radius 2 is 1.86 bits per heavy atom. The Bertz CT molecular complexity index is 1110. The van der Waals surface area contributed by atoms with Gasteiger partial charge >= 0.3 is 5.63 Å². The minimum atomic E-state index is -0.463. The zero-order valence-electron chi connectivity index (χ0n) is 16.9. The average molecular weight is 395 g/mol. The lowest BCUT2D eigenvalue weighted by molar-refractivity contribution is 0.323. The standard InChI is InChI=1S/C23H25NO5/c1-14-16-7-8-19(25)18(13-24-10-4-5-11-24)22(16)29-23(26)21(14)17-12-15(27-2)6-9-20(17)28-3/h6-9,12,25H,4-5,10-11,13H2,1-3H3. The molecule has 0 saturated carbocycles. The van der Waals surface area contributed by atoms with Crippen LogP contribution in [0.2, 0.25) is 0 Å². The summed E-state index contributed by atoms with van der Waals surface area (Å²) in [4.78, 5) is 15.3. The van der Waals surface area contributed by atoms with Gasteiger partial charge in [-0.1, -0.05) is 0 Å². The van der Waals surface area contributed by atoms with E-state index in [4.69, 9.17) is 13.9 Å². The minimum Gasteiger partial charge on any atom is -0.507 e. The third-order valence-corrected chi connectivity index (χ3v) is 5.67. The molecule has 0 bridgehead atoms. The number of fused-ring (bicyclic) bond motifs is 1. The lowest BCUT2D eigenvalue weighted by Gasteiger charge is -2.18. The molecule has 4 rings (SSSR count). The number of ether oxygens (including phenoxy) is 2. The predicted molar refractivity (Wildman–Crippen MR) is 112 cm³/mol. The van der Waals surface area contributed by atoms with E-state index in [0.29, 0.717) is 40.3 Å². The molecule has 1 aliphatic heterocycles. The molecule has 1 aliphatic rings. The number of likely N-dealkylation sites (tertiary alicyclic amines) is 1. The van der Waals surface area contributed by atoms with Crippen molar-refractivity contribution >= 4 is 11.0 Å². The molecule has 0 atom stereocenters. The minimum absolute atomic E-state index is 0.152. The fourth-order valence-corrected chi connectivity index (χ4v) is 4.10. The first-order valence-electron chi connectivity index (χ1n) is 9.76. The highest BCUT2D eigenvalue weighted by molar-refractivity contribution is 5.91. The molecular weight excluding hydrogens is 370 g/mol. The summed E-state index contributed by atoms with van der Waals surface area (Å²) in [5.41, 5.74) is 2.49. The first-order chi connectivity index (χ1) is 14.0. The molecule has 6 nitrogen and oxygen atoms in total. The lowest BCUT2D eigenvalue weighted by atomic mass is 9.97. The highest BCUT2D eigenvalue weighted by Crippen LogP contribution is 2.37. The first-order valence-corrected chi connectivity index (χ1v) is 9.76. The van der Waals surface area contributed by atoms with Crippen molar-refractivity contribution in [3.8, 4) is 28.4 Å². The van der Waals surface area contributed by atoms with Crippen LogP contribution >= 0.6 is 0 Å². The second-order valence-electron chi connectivity index (χ2n) is 7.38. The third kappa shape index (κ3) is 3.44. The van der Waals surface area contributed by atoms with Crippen molar-refractivity contribution in [2.45, 2.75) is 26.3 Å². The molecule has 152 valence electrons. The largest absolute Gasteiger partial charge is 0.507 e. The summed E-state index contributed by atoms with van der Waals surface area (Å²) in [5, 5.41) is 11.3. The fraction of sp³-hybridized carbons (Fsp3) is 0.348. The van der Waals surface area contributed by atoms with Gasteiger partial charge in [0.05, 0.1) is 25.3 Å². The molecule has 2 heterocycles. The van der Waals surface area contributed by atoms with Crippen molar-refractivity contribution in [2.75, 3.05) is 27.3 Å². The van der Waals surface area contributed by atoms with E-state index in [0.717, 1.165) is 36.9 Å². The van der Waals surface area contributed by atoms with Crippen LogP contribution in [0.25, 0.3) is 22.1 Å². The number of phenols is 1. The molecule has 1 saturated heterocycles. The number of benzene rings is 2. The zero-order valence-corrected chi connectivity index (χ0v) is 16.9. The quantitative estimate of drug-likeness (QED) is 0.656. The fourth-order valence-electron chi connectivity index (χ4n) is 4.10. The van der Waals surface area contributed by atoms with Crippen LogP contribution in [-0.4, -0.2) is 37.3 Å². The van der Waals surface area contributed by atoms with Gasteiger partial charge in [-0.05, 0) is 68.8 Å². The van der Waals surface area contributed by atoms with E-state index >= 15 is 0 Å². The smallest absolute Gasteiger partial charge is 0.344 e. The maximum absolute atomic E-state index is 13.1. The normalized spacial score (nSPS) is 14.4. The van der Waals surface area contributed by atoms with Crippen molar-refractivity contribution < 1.29 is 19.0 Å². The molecule has 29 heavy (non-hydrogen) atoms. The second-order valence-corrected chi connectivity index (χ2v) is 7.38. The Morgan fingerprint density at radius 3 is 2.55 bits per heavy atom. The Kier molecular flexibility index (Phi) is 5.20. The van der Waals surface area contributed by atoms with Crippen LogP contribution in [0.15, 0.2) is 39.5 Å². The zero-order chi connectivity index (χ0) is 20.5. The van der Waals surface area contributed by atoms with E-state index < -0.39 is 5.63 Å². The van der Waals surface area contributed by atoms with E-state index in [2.05, 4.69) is 4.90 Å². The van der Waals surface area contributed by atoms with Crippen LogP contribution in [0, 0.1) is 6.92 Å². The van der Waals surface area contributed by atoms with Gasteiger partial charge in [0.25, 0.3) is 0 Å². The number of aromatic hydroxyl groups is 1. The predicted octanol–water partition coefficient (Wildman–Crippen LogP) is 4.09. The highest BCUT2D eigenvalue weighted by atomic mass is 16.5. The van der Waals surface area contributed by atoms with Gasteiger partial charge in [0.2, 0.25) is 0 Å². The number of nitrogens with zero attached hydrogens (tertiary/aromatic N) is 1. The van der Waals surface area contributed by atoms with Crippen LogP contribution in [0.3, 0.4) is 0 Å². The molecule has 1 N–H and O–H groups in total. The summed E-state index contributed by atoms with van der Waals surface area (Å²) >= 11 is 0. The first kappa shape index (κ1) is 19.3. The maximum Gasteiger partial charge on any atom is 0.344 e. The van der Waals surface area contributed by atoms with Gasteiger partial charge in [-0.15, -0.1) is 0 Å². The Labute approximate surface area is 169 Å². The van der Waals surface area contributed by atoms with Crippen molar-refractivity contribution in [1.82, 2.24) is 4.90 Å². The van der Waals surface area contributed by atoms with Crippen LogP contribution in [0.4, 0.5) is 0 Å². The molecule has 0 aliphatic carbocycles. The number of hydrogen-bond donors (Lipinski definition) is 1. The van der Waals surface area contributed by atoms with Gasteiger partial charge in [0, 0.05) is 17.5 Å². The Hall–Kier alpha value is -2.99. The van der Waals surface area contributed by atoms with Crippen LogP contribution < -0.4 is 15.1 Å². The SMILES string of the molecule is COc1ccc(OC)c(-c2c(C)c3ccc(O)c(CN4CCCC4)c3oc2=O)c1. The number of phenolic OH excluding ortho intramolecular Hbond substituents is 1. The summed E-state index contributed by atoms with van der Waals surface area (Å²) in [6, 6.07) is 8.80. The molecule has 6 heteroatoms. The summed E-state index contributed by atoms with van der Waals surface area (Å²) in [5.74, 6) is 1.34. The van der Waals surface area contributed by atoms with Gasteiger partial charge in [-0.25, -0.2) is 4.79 Å². The summed E-state index contributed by atoms with van der Waals surface area (Å²) in [6.07, 6.45) is 2.29. The Morgan fingerprint density at radius 1 is 1.10 bits per heavy atom. The number of aryl methyl sites for hydroxylation is 1. The van der Waals surface area contributed by atoms with Gasteiger partial charge in [-0.2, -0.15) is 0 Å². The number of rotatable bonds is 5. The van der Waals surface area contributed by atoms with Gasteiger partial charge in [0.15, 0.2) is 0 Å². The topological polar surface area (TPSA) is 72.1 Å². The summed E-state index contributed by atoms with van der Waals surface area (Å²) in [6.45, 7) is 4.42. The monoisotopic (exact) mass is 395 g/mol. The number of methoxy groups -OCH3 is 2. The molecule has 3 aromatic rings. The summed E-state index contributed by atoms with van der Waals surface area (Å²) in [7, 11) is 3.14. The lowest BCUT2D eigenvalue weighted by Crippen LogP contribution is -2.19. The molecule has 0 spiro atoms. The molecule has 1 fully saturated rings. The maximum atomic E-state index is 13.1. The van der Waals surface area contributed by atoms with Crippen molar-refractivity contribution in [3.05, 3.63) is 51.9 Å². The van der Waals surface area contributed by atoms with Gasteiger partial charge < -0.3 is 19.0 Å². The van der Waals surface area contributed by atoms with Crippen molar-refractivity contribution in [1.29, 1.82) is 0 Å². The van der Waals surface area contributed by atoms with E-state index in [1.165, 1.54) is 0 Å². The molecule has 0 amide bonds. The van der Waals surface area contributed by atoms with Crippen LogP contribution in [-0.2, 0) is 6.54 Å². The van der Waals surface area contributed by atoms with E-state index in [1.807, 2.05) is 6.92 Å². The van der Waals surface area contributed by atoms with E-state index in [1.54, 1.807) is 44.6 Å².